The number of carbonyl (C=O) groups excluding carboxylic acids is 2. The maximum Gasteiger partial charge on any atom is 0.295 e. The second-order valence-electron chi connectivity index (χ2n) is 9.46. The van der Waals surface area contributed by atoms with Gasteiger partial charge in [-0.25, -0.2) is 0 Å². The third-order valence-corrected chi connectivity index (χ3v) is 6.41. The van der Waals surface area contributed by atoms with Crippen molar-refractivity contribution in [2.75, 3.05) is 27.2 Å². The molecule has 6 heteroatoms. The summed E-state index contributed by atoms with van der Waals surface area (Å²) in [5.74, 6) is -0.747. The largest absolute Gasteiger partial charge is 0.507 e. The van der Waals surface area contributed by atoms with E-state index in [1.54, 1.807) is 23.1 Å². The maximum atomic E-state index is 13.2. The number of nitrogens with zero attached hydrogens (tertiary/aromatic N) is 2. The average molecular weight is 485 g/mol. The molecule has 0 aromatic heterocycles. The molecule has 3 aromatic rings. The third-order valence-electron chi connectivity index (χ3n) is 6.41. The fraction of sp³-hybridized carbons (Fsp3) is 0.267. The number of amides is 1. The van der Waals surface area contributed by atoms with E-state index in [0.717, 1.165) is 22.3 Å². The van der Waals surface area contributed by atoms with Gasteiger partial charge in [0, 0.05) is 18.7 Å². The zero-order chi connectivity index (χ0) is 25.8. The van der Waals surface area contributed by atoms with Crippen molar-refractivity contribution in [2.24, 2.45) is 0 Å². The van der Waals surface area contributed by atoms with Crippen LogP contribution in [-0.2, 0) is 16.2 Å². The van der Waals surface area contributed by atoms with Crippen molar-refractivity contribution in [3.05, 3.63) is 106 Å². The fourth-order valence-corrected chi connectivity index (χ4v) is 4.36. The summed E-state index contributed by atoms with van der Waals surface area (Å²) in [5, 5.41) is 11.3. The molecule has 0 saturated carbocycles. The lowest BCUT2D eigenvalue weighted by Crippen LogP contribution is -2.35. The van der Waals surface area contributed by atoms with Crippen LogP contribution in [-0.4, -0.2) is 53.8 Å². The number of hydrogen-bond acceptors (Lipinski definition) is 5. The van der Waals surface area contributed by atoms with Gasteiger partial charge in [-0.1, -0.05) is 60.2 Å². The summed E-state index contributed by atoms with van der Waals surface area (Å²) in [6.07, 6.45) is 0. The molecule has 1 fully saturated rings. The van der Waals surface area contributed by atoms with Crippen molar-refractivity contribution < 1.29 is 19.4 Å². The van der Waals surface area contributed by atoms with Crippen LogP contribution < -0.4 is 4.74 Å². The predicted octanol–water partition coefficient (Wildman–Crippen LogP) is 4.87. The Morgan fingerprint density at radius 2 is 1.67 bits per heavy atom. The van der Waals surface area contributed by atoms with Gasteiger partial charge < -0.3 is 19.6 Å². The van der Waals surface area contributed by atoms with Crippen LogP contribution >= 0.6 is 0 Å². The fourth-order valence-electron chi connectivity index (χ4n) is 4.36. The lowest BCUT2D eigenvalue weighted by Gasteiger charge is -2.26. The van der Waals surface area contributed by atoms with Crippen LogP contribution in [0.4, 0.5) is 0 Å². The van der Waals surface area contributed by atoms with Gasteiger partial charge in [0.15, 0.2) is 0 Å². The summed E-state index contributed by atoms with van der Waals surface area (Å²) in [6.45, 7) is 5.28. The van der Waals surface area contributed by atoms with E-state index in [4.69, 9.17) is 4.74 Å². The summed E-state index contributed by atoms with van der Waals surface area (Å²) in [6, 6.07) is 22.2. The van der Waals surface area contributed by atoms with Gasteiger partial charge in [-0.2, -0.15) is 0 Å². The van der Waals surface area contributed by atoms with Gasteiger partial charge in [-0.05, 0) is 62.8 Å². The van der Waals surface area contributed by atoms with Gasteiger partial charge in [0.1, 0.15) is 18.1 Å². The lowest BCUT2D eigenvalue weighted by molar-refractivity contribution is -0.140. The molecule has 3 aromatic carbocycles. The van der Waals surface area contributed by atoms with Gasteiger partial charge in [0.2, 0.25) is 0 Å². The number of hydrogen-bond donors (Lipinski definition) is 1. The summed E-state index contributed by atoms with van der Waals surface area (Å²) in [5.41, 5.74) is 4.33. The Morgan fingerprint density at radius 1 is 0.972 bits per heavy atom. The molecule has 1 aliphatic rings. The maximum absolute atomic E-state index is 13.2. The molecular weight excluding hydrogens is 452 g/mol. The molecule has 0 spiro atoms. The van der Waals surface area contributed by atoms with Crippen molar-refractivity contribution >= 4 is 17.4 Å². The second kappa shape index (κ2) is 10.8. The van der Waals surface area contributed by atoms with E-state index in [1.807, 2.05) is 87.4 Å². The number of aryl methyl sites for hydroxylation is 2. The highest BCUT2D eigenvalue weighted by atomic mass is 16.5. The summed E-state index contributed by atoms with van der Waals surface area (Å²) >= 11 is 0. The molecule has 0 unspecified atom stereocenters. The number of ether oxygens (including phenoxy) is 1. The Hall–Kier alpha value is -3.90. The smallest absolute Gasteiger partial charge is 0.295 e. The lowest BCUT2D eigenvalue weighted by atomic mass is 9.94. The summed E-state index contributed by atoms with van der Waals surface area (Å²) < 4.78 is 5.96. The van der Waals surface area contributed by atoms with Crippen molar-refractivity contribution in [3.8, 4) is 5.75 Å². The van der Waals surface area contributed by atoms with Crippen molar-refractivity contribution in [1.82, 2.24) is 9.80 Å². The first-order chi connectivity index (χ1) is 17.3. The minimum atomic E-state index is -0.668. The molecule has 1 aliphatic heterocycles. The average Bonchev–Trinajstić information content (AvgIpc) is 3.12. The van der Waals surface area contributed by atoms with Gasteiger partial charge in [0.25, 0.3) is 11.7 Å². The molecule has 4 rings (SSSR count). The predicted molar refractivity (Wildman–Crippen MR) is 141 cm³/mol. The van der Waals surface area contributed by atoms with Crippen molar-refractivity contribution in [3.63, 3.8) is 0 Å². The molecule has 1 saturated heterocycles. The highest BCUT2D eigenvalue weighted by molar-refractivity contribution is 6.46. The van der Waals surface area contributed by atoms with Gasteiger partial charge in [-0.15, -0.1) is 0 Å². The van der Waals surface area contributed by atoms with E-state index in [2.05, 4.69) is 0 Å². The van der Waals surface area contributed by atoms with Crippen LogP contribution in [0.15, 0.2) is 78.4 Å². The van der Waals surface area contributed by atoms with Crippen LogP contribution in [0.1, 0.15) is 33.9 Å². The van der Waals surface area contributed by atoms with Gasteiger partial charge >= 0.3 is 0 Å². The van der Waals surface area contributed by atoms with E-state index in [9.17, 15) is 14.7 Å². The van der Waals surface area contributed by atoms with Crippen LogP contribution in [0.2, 0.25) is 0 Å². The van der Waals surface area contributed by atoms with Crippen molar-refractivity contribution in [1.29, 1.82) is 0 Å². The number of Topliss-reactive ketones (excluding diaryl/α,β-unsaturated/α-hetero) is 1. The number of likely N-dealkylation sites (tertiary alicyclic amines) is 1. The first-order valence-corrected chi connectivity index (χ1v) is 12.0. The van der Waals surface area contributed by atoms with E-state index < -0.39 is 17.7 Å². The number of aliphatic hydroxyl groups excluding tert-OH is 1. The topological polar surface area (TPSA) is 70.1 Å². The Balaban J connectivity index is 1.69. The number of aliphatic hydroxyl groups is 1. The Labute approximate surface area is 212 Å². The van der Waals surface area contributed by atoms with Crippen LogP contribution in [0.25, 0.3) is 5.76 Å². The van der Waals surface area contributed by atoms with E-state index in [1.165, 1.54) is 0 Å². The molecule has 1 N–H and O–H groups in total. The highest BCUT2D eigenvalue weighted by Gasteiger charge is 2.45. The first-order valence-electron chi connectivity index (χ1n) is 12.0. The molecule has 1 amide bonds. The normalized spacial score (nSPS) is 17.1. The minimum Gasteiger partial charge on any atom is -0.507 e. The number of rotatable bonds is 8. The molecule has 1 heterocycles. The Bertz CT molecular complexity index is 1280. The number of carbonyl (C=O) groups is 2. The molecule has 36 heavy (non-hydrogen) atoms. The van der Waals surface area contributed by atoms with Gasteiger partial charge in [0.05, 0.1) is 11.6 Å². The standard InChI is InChI=1S/C30H32N2O4/c1-20-10-12-23(13-11-20)27-26(29(34)30(35)32(27)17-16-31(3)4)28(33)24-14-15-25(21(2)18-24)36-19-22-8-6-5-7-9-22/h5-15,18,27,33H,16-17,19H2,1-4H3/b28-26+/t27-/m0/s1. The van der Waals surface area contributed by atoms with E-state index >= 15 is 0 Å². The third kappa shape index (κ3) is 5.34. The zero-order valence-corrected chi connectivity index (χ0v) is 21.2. The Kier molecular flexibility index (Phi) is 7.55. The van der Waals surface area contributed by atoms with Crippen LogP contribution in [0.3, 0.4) is 0 Å². The number of ketones is 1. The molecule has 6 nitrogen and oxygen atoms in total. The second-order valence-corrected chi connectivity index (χ2v) is 9.46. The van der Waals surface area contributed by atoms with Crippen molar-refractivity contribution in [2.45, 2.75) is 26.5 Å². The number of benzene rings is 3. The monoisotopic (exact) mass is 484 g/mol. The van der Waals surface area contributed by atoms with E-state index in [-0.39, 0.29) is 11.3 Å². The number of likely N-dealkylation sites (N-methyl/N-ethyl adjacent to an activating group) is 1. The van der Waals surface area contributed by atoms with E-state index in [0.29, 0.717) is 31.0 Å². The Morgan fingerprint density at radius 3 is 2.31 bits per heavy atom. The minimum absolute atomic E-state index is 0.111. The summed E-state index contributed by atoms with van der Waals surface area (Å²) in [4.78, 5) is 29.8. The van der Waals surface area contributed by atoms with Crippen LogP contribution in [0.5, 0.6) is 5.75 Å². The first kappa shape index (κ1) is 25.2. The molecule has 1 atom stereocenters. The molecular formula is C30H32N2O4. The molecule has 0 bridgehead atoms. The molecule has 186 valence electrons. The van der Waals surface area contributed by atoms with Crippen LogP contribution in [0, 0.1) is 13.8 Å². The quantitative estimate of drug-likeness (QED) is 0.281. The summed E-state index contributed by atoms with van der Waals surface area (Å²) in [7, 11) is 3.84. The van der Waals surface area contributed by atoms with Gasteiger partial charge in [-0.3, -0.25) is 9.59 Å². The molecule has 0 radical (unpaired) electrons. The highest BCUT2D eigenvalue weighted by Crippen LogP contribution is 2.39. The molecule has 0 aliphatic carbocycles. The SMILES string of the molecule is Cc1ccc([C@H]2/C(=C(\O)c3ccc(OCc4ccccc4)c(C)c3)C(=O)C(=O)N2CCN(C)C)cc1. The zero-order valence-electron chi connectivity index (χ0n) is 21.2.